The summed E-state index contributed by atoms with van der Waals surface area (Å²) in [6.07, 6.45) is 7.63. The van der Waals surface area contributed by atoms with Crippen molar-refractivity contribution < 1.29 is 5.11 Å². The molecular weight excluding hydrogens is 148 g/mol. The zero-order valence-electron chi connectivity index (χ0n) is 8.27. The molecule has 0 bridgehead atoms. The van der Waals surface area contributed by atoms with Gasteiger partial charge in [0, 0.05) is 0 Å². The molecule has 1 unspecified atom stereocenters. The van der Waals surface area contributed by atoms with Gasteiger partial charge in [-0.25, -0.2) is 0 Å². The predicted octanol–water partition coefficient (Wildman–Crippen LogP) is 2.73. The Hall–Kier alpha value is -0.0400. The first kappa shape index (κ1) is 8.55. The first-order valence-corrected chi connectivity index (χ1v) is 5.29. The van der Waals surface area contributed by atoms with Crippen LogP contribution in [0.15, 0.2) is 0 Å². The standard InChI is InChI=1S/C11H20O/c1-10(7-8-10)11(2,12)9-5-3-4-6-9/h9,12H,3-8H2,1-2H3. The molecule has 1 nitrogen and oxygen atoms in total. The molecule has 2 aliphatic carbocycles. The monoisotopic (exact) mass is 168 g/mol. The number of hydrogen-bond acceptors (Lipinski definition) is 1. The van der Waals surface area contributed by atoms with Crippen LogP contribution in [0, 0.1) is 11.3 Å². The van der Waals surface area contributed by atoms with Crippen molar-refractivity contribution in [2.24, 2.45) is 11.3 Å². The van der Waals surface area contributed by atoms with Crippen LogP contribution in [0.3, 0.4) is 0 Å². The third-order valence-electron chi connectivity index (χ3n) is 4.37. The first-order chi connectivity index (χ1) is 5.56. The van der Waals surface area contributed by atoms with Crippen LogP contribution in [-0.2, 0) is 0 Å². The SMILES string of the molecule is CC1(C(C)(O)C2CCCC2)CC1. The van der Waals surface area contributed by atoms with Gasteiger partial charge in [-0.05, 0) is 43.9 Å². The Morgan fingerprint density at radius 2 is 1.75 bits per heavy atom. The molecule has 2 rings (SSSR count). The van der Waals surface area contributed by atoms with Gasteiger partial charge in [0.15, 0.2) is 0 Å². The van der Waals surface area contributed by atoms with E-state index < -0.39 is 0 Å². The highest BCUT2D eigenvalue weighted by molar-refractivity contribution is 5.06. The minimum Gasteiger partial charge on any atom is -0.389 e. The van der Waals surface area contributed by atoms with Crippen LogP contribution in [0.2, 0.25) is 0 Å². The van der Waals surface area contributed by atoms with E-state index in [0.29, 0.717) is 5.92 Å². The average Bonchev–Trinajstić information content (AvgIpc) is 2.59. The Kier molecular flexibility index (Phi) is 1.76. The van der Waals surface area contributed by atoms with Crippen LogP contribution in [-0.4, -0.2) is 10.7 Å². The van der Waals surface area contributed by atoms with Gasteiger partial charge >= 0.3 is 0 Å². The number of aliphatic hydroxyl groups is 1. The largest absolute Gasteiger partial charge is 0.389 e. The number of hydrogen-bond donors (Lipinski definition) is 1. The molecule has 0 aromatic carbocycles. The molecule has 0 heterocycles. The van der Waals surface area contributed by atoms with Gasteiger partial charge in [0.1, 0.15) is 0 Å². The van der Waals surface area contributed by atoms with Crippen LogP contribution in [0.5, 0.6) is 0 Å². The van der Waals surface area contributed by atoms with E-state index >= 15 is 0 Å². The molecule has 0 amide bonds. The van der Waals surface area contributed by atoms with Crippen LogP contribution in [0.4, 0.5) is 0 Å². The summed E-state index contributed by atoms with van der Waals surface area (Å²) in [5, 5.41) is 10.4. The van der Waals surface area contributed by atoms with Gasteiger partial charge in [-0.3, -0.25) is 0 Å². The van der Waals surface area contributed by atoms with Crippen molar-refractivity contribution in [1.29, 1.82) is 0 Å². The zero-order chi connectivity index (χ0) is 8.82. The van der Waals surface area contributed by atoms with Crippen molar-refractivity contribution in [2.75, 3.05) is 0 Å². The van der Waals surface area contributed by atoms with E-state index in [1.807, 2.05) is 0 Å². The topological polar surface area (TPSA) is 20.2 Å². The van der Waals surface area contributed by atoms with Crippen LogP contribution >= 0.6 is 0 Å². The lowest BCUT2D eigenvalue weighted by atomic mass is 9.76. The molecule has 1 heteroatoms. The predicted molar refractivity (Wildman–Crippen MR) is 49.9 cm³/mol. The molecule has 0 aromatic rings. The third kappa shape index (κ3) is 1.10. The molecule has 0 radical (unpaired) electrons. The molecule has 70 valence electrons. The maximum Gasteiger partial charge on any atom is 0.0701 e. The lowest BCUT2D eigenvalue weighted by Gasteiger charge is -2.36. The van der Waals surface area contributed by atoms with Crippen molar-refractivity contribution in [2.45, 2.75) is 58.0 Å². The molecular formula is C11H20O. The van der Waals surface area contributed by atoms with Crippen LogP contribution in [0.25, 0.3) is 0 Å². The summed E-state index contributed by atoms with van der Waals surface area (Å²) in [4.78, 5) is 0. The second-order valence-electron chi connectivity index (χ2n) is 5.19. The maximum absolute atomic E-state index is 10.4. The normalized spacial score (nSPS) is 33.2. The minimum absolute atomic E-state index is 0.266. The molecule has 2 fully saturated rings. The highest BCUT2D eigenvalue weighted by Gasteiger charge is 2.55. The number of rotatable bonds is 2. The van der Waals surface area contributed by atoms with E-state index in [0.717, 1.165) is 0 Å². The fourth-order valence-electron chi connectivity index (χ4n) is 2.67. The second-order valence-corrected chi connectivity index (χ2v) is 5.19. The Bertz CT molecular complexity index is 173. The lowest BCUT2D eigenvalue weighted by molar-refractivity contribution is -0.0582. The van der Waals surface area contributed by atoms with Crippen molar-refractivity contribution in [3.05, 3.63) is 0 Å². The molecule has 2 aliphatic rings. The summed E-state index contributed by atoms with van der Waals surface area (Å²) in [6.45, 7) is 4.31. The van der Waals surface area contributed by atoms with Crippen molar-refractivity contribution in [3.8, 4) is 0 Å². The highest BCUT2D eigenvalue weighted by Crippen LogP contribution is 2.58. The maximum atomic E-state index is 10.4. The van der Waals surface area contributed by atoms with E-state index in [-0.39, 0.29) is 11.0 Å². The fourth-order valence-corrected chi connectivity index (χ4v) is 2.67. The Balaban J connectivity index is 2.08. The fraction of sp³-hybridized carbons (Fsp3) is 1.00. The van der Waals surface area contributed by atoms with Crippen LogP contribution in [0.1, 0.15) is 52.4 Å². The van der Waals surface area contributed by atoms with Gasteiger partial charge in [-0.1, -0.05) is 19.8 Å². The van der Waals surface area contributed by atoms with Crippen molar-refractivity contribution in [3.63, 3.8) is 0 Å². The van der Waals surface area contributed by atoms with E-state index in [9.17, 15) is 5.11 Å². The Labute approximate surface area is 75.2 Å². The van der Waals surface area contributed by atoms with E-state index in [1.54, 1.807) is 0 Å². The summed E-state index contributed by atoms with van der Waals surface area (Å²) in [5.74, 6) is 0.588. The van der Waals surface area contributed by atoms with E-state index in [4.69, 9.17) is 0 Å². The van der Waals surface area contributed by atoms with Gasteiger partial charge in [-0.15, -0.1) is 0 Å². The van der Waals surface area contributed by atoms with Crippen LogP contribution < -0.4 is 0 Å². The average molecular weight is 168 g/mol. The van der Waals surface area contributed by atoms with Crippen molar-refractivity contribution in [1.82, 2.24) is 0 Å². The summed E-state index contributed by atoms with van der Waals surface area (Å²) >= 11 is 0. The highest BCUT2D eigenvalue weighted by atomic mass is 16.3. The zero-order valence-corrected chi connectivity index (χ0v) is 8.27. The molecule has 12 heavy (non-hydrogen) atoms. The Morgan fingerprint density at radius 3 is 2.17 bits per heavy atom. The molecule has 0 aliphatic heterocycles. The molecule has 1 N–H and O–H groups in total. The minimum atomic E-state index is -0.372. The summed E-state index contributed by atoms with van der Waals surface area (Å²) in [7, 11) is 0. The summed E-state index contributed by atoms with van der Waals surface area (Å²) in [5.41, 5.74) is -0.106. The first-order valence-electron chi connectivity index (χ1n) is 5.29. The van der Waals surface area contributed by atoms with Gasteiger partial charge in [0.05, 0.1) is 5.60 Å². The lowest BCUT2D eigenvalue weighted by Crippen LogP contribution is -2.41. The Morgan fingerprint density at radius 1 is 1.25 bits per heavy atom. The van der Waals surface area contributed by atoms with Gasteiger partial charge in [-0.2, -0.15) is 0 Å². The quantitative estimate of drug-likeness (QED) is 0.672. The summed E-state index contributed by atoms with van der Waals surface area (Å²) in [6, 6.07) is 0. The molecule has 0 saturated heterocycles. The van der Waals surface area contributed by atoms with E-state index in [1.165, 1.54) is 38.5 Å². The smallest absolute Gasteiger partial charge is 0.0701 e. The third-order valence-corrected chi connectivity index (χ3v) is 4.37. The molecule has 0 spiro atoms. The van der Waals surface area contributed by atoms with Gasteiger partial charge < -0.3 is 5.11 Å². The second kappa shape index (κ2) is 2.47. The molecule has 1 atom stereocenters. The summed E-state index contributed by atoms with van der Waals surface area (Å²) < 4.78 is 0. The van der Waals surface area contributed by atoms with E-state index in [2.05, 4.69) is 13.8 Å². The van der Waals surface area contributed by atoms with Gasteiger partial charge in [0.2, 0.25) is 0 Å². The molecule has 0 aromatic heterocycles. The molecule has 2 saturated carbocycles. The van der Waals surface area contributed by atoms with Crippen molar-refractivity contribution >= 4 is 0 Å². The van der Waals surface area contributed by atoms with Gasteiger partial charge in [0.25, 0.3) is 0 Å².